The smallest absolute Gasteiger partial charge is 0.130 e. The number of benzene rings is 1. The van der Waals surface area contributed by atoms with Gasteiger partial charge in [-0.2, -0.15) is 0 Å². The van der Waals surface area contributed by atoms with Gasteiger partial charge in [0.25, 0.3) is 0 Å². The SMILES string of the molecule is Cc1cccc(C(NN)C2CCCCC2)c1F. The third-order valence-electron chi connectivity index (χ3n) is 3.86. The van der Waals surface area contributed by atoms with E-state index in [0.717, 1.165) is 18.4 Å². The fraction of sp³-hybridized carbons (Fsp3) is 0.571. The van der Waals surface area contributed by atoms with E-state index >= 15 is 0 Å². The van der Waals surface area contributed by atoms with E-state index in [1.54, 1.807) is 13.0 Å². The van der Waals surface area contributed by atoms with E-state index in [1.807, 2.05) is 12.1 Å². The van der Waals surface area contributed by atoms with Crippen LogP contribution in [0.1, 0.15) is 49.3 Å². The summed E-state index contributed by atoms with van der Waals surface area (Å²) < 4.78 is 14.1. The summed E-state index contributed by atoms with van der Waals surface area (Å²) in [6.45, 7) is 1.80. The van der Waals surface area contributed by atoms with Gasteiger partial charge in [-0.15, -0.1) is 0 Å². The zero-order valence-corrected chi connectivity index (χ0v) is 10.4. The standard InChI is InChI=1S/C14H21FN2/c1-10-6-5-9-12(13(10)15)14(17-16)11-7-3-2-4-8-11/h5-6,9,11,14,17H,2-4,7-8,16H2,1H3. The highest BCUT2D eigenvalue weighted by Crippen LogP contribution is 2.35. The number of aryl methyl sites for hydroxylation is 1. The Morgan fingerprint density at radius 3 is 2.65 bits per heavy atom. The average molecular weight is 236 g/mol. The van der Waals surface area contributed by atoms with E-state index in [9.17, 15) is 4.39 Å². The lowest BCUT2D eigenvalue weighted by atomic mass is 9.81. The van der Waals surface area contributed by atoms with Crippen molar-refractivity contribution >= 4 is 0 Å². The Kier molecular flexibility index (Phi) is 4.13. The van der Waals surface area contributed by atoms with Crippen molar-refractivity contribution in [1.82, 2.24) is 5.43 Å². The molecule has 2 nitrogen and oxygen atoms in total. The van der Waals surface area contributed by atoms with Crippen molar-refractivity contribution in [2.24, 2.45) is 11.8 Å². The predicted octanol–water partition coefficient (Wildman–Crippen LogP) is 3.22. The van der Waals surface area contributed by atoms with Crippen LogP contribution in [0.5, 0.6) is 0 Å². The minimum Gasteiger partial charge on any atom is -0.271 e. The van der Waals surface area contributed by atoms with Crippen molar-refractivity contribution in [2.75, 3.05) is 0 Å². The summed E-state index contributed by atoms with van der Waals surface area (Å²) in [5.41, 5.74) is 4.23. The Hall–Kier alpha value is -0.930. The Morgan fingerprint density at radius 2 is 2.00 bits per heavy atom. The zero-order chi connectivity index (χ0) is 12.3. The molecule has 0 radical (unpaired) electrons. The van der Waals surface area contributed by atoms with Crippen molar-refractivity contribution in [3.8, 4) is 0 Å². The average Bonchev–Trinajstić information content (AvgIpc) is 2.37. The van der Waals surface area contributed by atoms with Crippen molar-refractivity contribution in [2.45, 2.75) is 45.1 Å². The molecular weight excluding hydrogens is 215 g/mol. The van der Waals surface area contributed by atoms with E-state index < -0.39 is 0 Å². The number of hydrogen-bond donors (Lipinski definition) is 2. The lowest BCUT2D eigenvalue weighted by Gasteiger charge is -2.30. The van der Waals surface area contributed by atoms with Crippen LogP contribution in [0.15, 0.2) is 18.2 Å². The van der Waals surface area contributed by atoms with E-state index in [4.69, 9.17) is 5.84 Å². The maximum absolute atomic E-state index is 14.1. The van der Waals surface area contributed by atoms with Gasteiger partial charge in [0.2, 0.25) is 0 Å². The van der Waals surface area contributed by atoms with Gasteiger partial charge in [-0.05, 0) is 31.2 Å². The second kappa shape index (κ2) is 5.61. The Morgan fingerprint density at radius 1 is 1.29 bits per heavy atom. The van der Waals surface area contributed by atoms with E-state index in [2.05, 4.69) is 5.43 Å². The highest BCUT2D eigenvalue weighted by atomic mass is 19.1. The van der Waals surface area contributed by atoms with Gasteiger partial charge >= 0.3 is 0 Å². The lowest BCUT2D eigenvalue weighted by molar-refractivity contribution is 0.268. The monoisotopic (exact) mass is 236 g/mol. The molecule has 0 aromatic heterocycles. The zero-order valence-electron chi connectivity index (χ0n) is 10.4. The molecule has 2 rings (SSSR count). The molecule has 1 fully saturated rings. The first kappa shape index (κ1) is 12.5. The third-order valence-corrected chi connectivity index (χ3v) is 3.86. The molecule has 17 heavy (non-hydrogen) atoms. The van der Waals surface area contributed by atoms with Crippen LogP contribution in [-0.2, 0) is 0 Å². The summed E-state index contributed by atoms with van der Waals surface area (Å²) in [7, 11) is 0. The maximum atomic E-state index is 14.1. The molecule has 0 aliphatic heterocycles. The lowest BCUT2D eigenvalue weighted by Crippen LogP contribution is -2.35. The number of nitrogens with two attached hydrogens (primary N) is 1. The molecule has 1 aliphatic rings. The number of hydrazine groups is 1. The van der Waals surface area contributed by atoms with Crippen LogP contribution in [0.25, 0.3) is 0 Å². The number of halogens is 1. The van der Waals surface area contributed by atoms with Gasteiger partial charge in [-0.3, -0.25) is 11.3 Å². The van der Waals surface area contributed by atoms with Gasteiger partial charge in [0.15, 0.2) is 0 Å². The summed E-state index contributed by atoms with van der Waals surface area (Å²) in [4.78, 5) is 0. The first-order valence-corrected chi connectivity index (χ1v) is 6.45. The third kappa shape index (κ3) is 2.67. The van der Waals surface area contributed by atoms with Gasteiger partial charge < -0.3 is 0 Å². The van der Waals surface area contributed by atoms with Crippen LogP contribution >= 0.6 is 0 Å². The number of hydrogen-bond acceptors (Lipinski definition) is 2. The summed E-state index contributed by atoms with van der Waals surface area (Å²) >= 11 is 0. The fourth-order valence-electron chi connectivity index (χ4n) is 2.86. The molecule has 0 heterocycles. The summed E-state index contributed by atoms with van der Waals surface area (Å²) in [6, 6.07) is 5.51. The second-order valence-electron chi connectivity index (χ2n) is 5.02. The largest absolute Gasteiger partial charge is 0.271 e. The second-order valence-corrected chi connectivity index (χ2v) is 5.02. The molecule has 0 amide bonds. The van der Waals surface area contributed by atoms with Gasteiger partial charge in [0.1, 0.15) is 5.82 Å². The fourth-order valence-corrected chi connectivity index (χ4v) is 2.86. The first-order valence-electron chi connectivity index (χ1n) is 6.45. The summed E-state index contributed by atoms with van der Waals surface area (Å²) in [5.74, 6) is 5.99. The predicted molar refractivity (Wildman–Crippen MR) is 67.8 cm³/mol. The molecule has 0 saturated heterocycles. The Balaban J connectivity index is 2.24. The highest BCUT2D eigenvalue weighted by molar-refractivity contribution is 5.28. The van der Waals surface area contributed by atoms with Crippen LogP contribution in [0.3, 0.4) is 0 Å². The molecule has 0 bridgehead atoms. The highest BCUT2D eigenvalue weighted by Gasteiger charge is 2.26. The molecule has 3 N–H and O–H groups in total. The minimum absolute atomic E-state index is 0.0461. The van der Waals surface area contributed by atoms with Crippen molar-refractivity contribution in [3.05, 3.63) is 35.1 Å². The molecule has 3 heteroatoms. The minimum atomic E-state index is -0.110. The van der Waals surface area contributed by atoms with Gasteiger partial charge in [0, 0.05) is 5.56 Å². The van der Waals surface area contributed by atoms with Crippen LogP contribution in [-0.4, -0.2) is 0 Å². The molecule has 0 spiro atoms. The normalized spacial score (nSPS) is 19.2. The molecule has 1 atom stereocenters. The maximum Gasteiger partial charge on any atom is 0.130 e. The topological polar surface area (TPSA) is 38.0 Å². The van der Waals surface area contributed by atoms with Crippen molar-refractivity contribution in [1.29, 1.82) is 0 Å². The number of nitrogens with one attached hydrogen (secondary N) is 1. The van der Waals surface area contributed by atoms with E-state index in [-0.39, 0.29) is 11.9 Å². The van der Waals surface area contributed by atoms with Crippen LogP contribution in [0.4, 0.5) is 4.39 Å². The molecule has 1 aliphatic carbocycles. The quantitative estimate of drug-likeness (QED) is 0.624. The van der Waals surface area contributed by atoms with E-state index in [0.29, 0.717) is 11.5 Å². The summed E-state index contributed by atoms with van der Waals surface area (Å²) in [6.07, 6.45) is 6.04. The van der Waals surface area contributed by atoms with Crippen molar-refractivity contribution < 1.29 is 4.39 Å². The van der Waals surface area contributed by atoms with Gasteiger partial charge in [-0.1, -0.05) is 37.5 Å². The molecule has 1 aromatic rings. The number of rotatable bonds is 3. The molecule has 94 valence electrons. The van der Waals surface area contributed by atoms with Gasteiger partial charge in [0.05, 0.1) is 6.04 Å². The molecule has 1 saturated carbocycles. The molecule has 1 aromatic carbocycles. The van der Waals surface area contributed by atoms with E-state index in [1.165, 1.54) is 19.3 Å². The van der Waals surface area contributed by atoms with Gasteiger partial charge in [-0.25, -0.2) is 4.39 Å². The van der Waals surface area contributed by atoms with Crippen LogP contribution in [0.2, 0.25) is 0 Å². The van der Waals surface area contributed by atoms with Crippen LogP contribution in [0, 0.1) is 18.7 Å². The Labute approximate surface area is 102 Å². The molecular formula is C14H21FN2. The summed E-state index contributed by atoms with van der Waals surface area (Å²) in [5, 5.41) is 0. The van der Waals surface area contributed by atoms with Crippen LogP contribution < -0.4 is 11.3 Å². The van der Waals surface area contributed by atoms with Crippen molar-refractivity contribution in [3.63, 3.8) is 0 Å². The first-order chi connectivity index (χ1) is 8.24. The Bertz CT molecular complexity index is 372. The molecule has 1 unspecified atom stereocenters.